The standard InChI is InChI=1S/C21H25N5O4S/c1-4-14-10-16(24-30-14)20(27)25-8-6-17-15(11-25)19(21(28)29-5-2)23-26(17)9-7-18-13(3)22-12-31-18/h10,12H,4-9,11H2,1-3H3. The Balaban J connectivity index is 1.59. The number of ether oxygens (including phenoxy) is 1. The van der Waals surface area contributed by atoms with Gasteiger partial charge in [0.2, 0.25) is 0 Å². The lowest BCUT2D eigenvalue weighted by Gasteiger charge is -2.27. The number of amides is 1. The Labute approximate surface area is 184 Å². The molecular weight excluding hydrogens is 418 g/mol. The molecule has 0 fully saturated rings. The van der Waals surface area contributed by atoms with E-state index < -0.39 is 5.97 Å². The molecule has 0 radical (unpaired) electrons. The SMILES string of the molecule is CCOC(=O)c1nn(CCc2scnc2C)c2c1CN(C(=O)c1cc(CC)on1)CC2. The third kappa shape index (κ3) is 4.25. The van der Waals surface area contributed by atoms with Crippen molar-refractivity contribution in [2.75, 3.05) is 13.2 Å². The predicted octanol–water partition coefficient (Wildman–Crippen LogP) is 2.82. The van der Waals surface area contributed by atoms with Gasteiger partial charge in [-0.1, -0.05) is 12.1 Å². The number of nitrogens with zero attached hydrogens (tertiary/aromatic N) is 5. The zero-order valence-corrected chi connectivity index (χ0v) is 18.7. The van der Waals surface area contributed by atoms with E-state index >= 15 is 0 Å². The molecule has 3 aromatic heterocycles. The summed E-state index contributed by atoms with van der Waals surface area (Å²) >= 11 is 1.62. The van der Waals surface area contributed by atoms with Gasteiger partial charge in [-0.3, -0.25) is 9.48 Å². The number of esters is 1. The van der Waals surface area contributed by atoms with Crippen LogP contribution in [0.3, 0.4) is 0 Å². The van der Waals surface area contributed by atoms with Crippen molar-refractivity contribution in [1.82, 2.24) is 24.8 Å². The van der Waals surface area contributed by atoms with Crippen LogP contribution >= 0.6 is 11.3 Å². The van der Waals surface area contributed by atoms with Gasteiger partial charge in [-0.05, 0) is 13.8 Å². The number of fused-ring (bicyclic) bond motifs is 1. The van der Waals surface area contributed by atoms with Gasteiger partial charge in [-0.15, -0.1) is 11.3 Å². The fourth-order valence-corrected chi connectivity index (χ4v) is 4.50. The highest BCUT2D eigenvalue weighted by atomic mass is 32.1. The van der Waals surface area contributed by atoms with Gasteiger partial charge < -0.3 is 14.2 Å². The molecule has 0 spiro atoms. The molecule has 0 bridgehead atoms. The fourth-order valence-electron chi connectivity index (χ4n) is 3.73. The highest BCUT2D eigenvalue weighted by Gasteiger charge is 2.32. The molecule has 4 heterocycles. The molecule has 10 heteroatoms. The molecule has 4 rings (SSSR count). The maximum Gasteiger partial charge on any atom is 0.359 e. The Kier molecular flexibility index (Phi) is 6.17. The monoisotopic (exact) mass is 443 g/mol. The Bertz CT molecular complexity index is 1100. The first kappa shape index (κ1) is 21.2. The minimum absolute atomic E-state index is 0.211. The first-order chi connectivity index (χ1) is 15.0. The first-order valence-electron chi connectivity index (χ1n) is 10.4. The van der Waals surface area contributed by atoms with Crippen molar-refractivity contribution in [2.24, 2.45) is 0 Å². The number of aromatic nitrogens is 4. The molecule has 1 amide bonds. The lowest BCUT2D eigenvalue weighted by Crippen LogP contribution is -2.37. The largest absolute Gasteiger partial charge is 0.461 e. The summed E-state index contributed by atoms with van der Waals surface area (Å²) in [5.74, 6) is -0.00754. The van der Waals surface area contributed by atoms with Gasteiger partial charge in [0, 0.05) is 54.6 Å². The molecule has 0 saturated heterocycles. The summed E-state index contributed by atoms with van der Waals surface area (Å²) < 4.78 is 12.3. The minimum atomic E-state index is -0.463. The maximum absolute atomic E-state index is 12.9. The third-order valence-corrected chi connectivity index (χ3v) is 6.41. The smallest absolute Gasteiger partial charge is 0.359 e. The second-order valence-corrected chi connectivity index (χ2v) is 8.28. The van der Waals surface area contributed by atoms with Crippen LogP contribution in [0.15, 0.2) is 16.1 Å². The second kappa shape index (κ2) is 9.01. The van der Waals surface area contributed by atoms with Crippen LogP contribution in [-0.2, 0) is 37.1 Å². The topological polar surface area (TPSA) is 103 Å². The van der Waals surface area contributed by atoms with Crippen molar-refractivity contribution >= 4 is 23.2 Å². The number of hydrogen-bond acceptors (Lipinski definition) is 8. The van der Waals surface area contributed by atoms with Crippen molar-refractivity contribution in [3.05, 3.63) is 50.6 Å². The molecule has 0 aliphatic carbocycles. The highest BCUT2D eigenvalue weighted by Crippen LogP contribution is 2.26. The van der Waals surface area contributed by atoms with Gasteiger partial charge in [0.15, 0.2) is 11.4 Å². The summed E-state index contributed by atoms with van der Waals surface area (Å²) in [6, 6.07) is 1.67. The van der Waals surface area contributed by atoms with Crippen LogP contribution in [0.25, 0.3) is 0 Å². The molecule has 0 aromatic carbocycles. The van der Waals surface area contributed by atoms with E-state index in [1.165, 1.54) is 4.88 Å². The maximum atomic E-state index is 12.9. The normalized spacial score (nSPS) is 13.3. The van der Waals surface area contributed by atoms with E-state index in [-0.39, 0.29) is 30.4 Å². The fraction of sp³-hybridized carbons (Fsp3) is 0.476. The number of thiazole rings is 1. The minimum Gasteiger partial charge on any atom is -0.461 e. The zero-order valence-electron chi connectivity index (χ0n) is 17.9. The van der Waals surface area contributed by atoms with Crippen LogP contribution in [0.1, 0.15) is 62.4 Å². The van der Waals surface area contributed by atoms with Gasteiger partial charge >= 0.3 is 5.97 Å². The second-order valence-electron chi connectivity index (χ2n) is 7.34. The molecule has 3 aromatic rings. The Morgan fingerprint density at radius 2 is 2.16 bits per heavy atom. The molecular formula is C21H25N5O4S. The van der Waals surface area contributed by atoms with E-state index in [1.807, 2.05) is 24.0 Å². The number of hydrogen-bond donors (Lipinski definition) is 0. The molecule has 0 unspecified atom stereocenters. The lowest BCUT2D eigenvalue weighted by molar-refractivity contribution is 0.0512. The summed E-state index contributed by atoms with van der Waals surface area (Å²) in [4.78, 5) is 32.7. The van der Waals surface area contributed by atoms with E-state index in [9.17, 15) is 9.59 Å². The summed E-state index contributed by atoms with van der Waals surface area (Å²) in [6.07, 6.45) is 2.06. The number of rotatable bonds is 7. The molecule has 164 valence electrons. The van der Waals surface area contributed by atoms with Crippen LogP contribution in [0.5, 0.6) is 0 Å². The average molecular weight is 444 g/mol. The summed E-state index contributed by atoms with van der Waals surface area (Å²) in [7, 11) is 0. The Morgan fingerprint density at radius 1 is 1.32 bits per heavy atom. The molecule has 1 aliphatic heterocycles. The molecule has 1 aliphatic rings. The Morgan fingerprint density at radius 3 is 2.84 bits per heavy atom. The molecule has 31 heavy (non-hydrogen) atoms. The highest BCUT2D eigenvalue weighted by molar-refractivity contribution is 7.09. The van der Waals surface area contributed by atoms with E-state index in [4.69, 9.17) is 9.26 Å². The van der Waals surface area contributed by atoms with Crippen LogP contribution in [0.2, 0.25) is 0 Å². The molecule has 9 nitrogen and oxygen atoms in total. The van der Waals surface area contributed by atoms with Crippen molar-refractivity contribution < 1.29 is 18.8 Å². The van der Waals surface area contributed by atoms with Gasteiger partial charge in [0.25, 0.3) is 5.91 Å². The van der Waals surface area contributed by atoms with Crippen LogP contribution in [0.4, 0.5) is 0 Å². The van der Waals surface area contributed by atoms with E-state index in [1.54, 1.807) is 29.2 Å². The number of carbonyl (C=O) groups excluding carboxylic acids is 2. The number of aryl methyl sites for hydroxylation is 4. The van der Waals surface area contributed by atoms with Crippen molar-refractivity contribution in [1.29, 1.82) is 0 Å². The van der Waals surface area contributed by atoms with Gasteiger partial charge in [-0.2, -0.15) is 5.10 Å². The van der Waals surface area contributed by atoms with Gasteiger partial charge in [-0.25, -0.2) is 9.78 Å². The van der Waals surface area contributed by atoms with Crippen LogP contribution < -0.4 is 0 Å². The first-order valence-corrected chi connectivity index (χ1v) is 11.3. The van der Waals surface area contributed by atoms with Crippen molar-refractivity contribution in [3.63, 3.8) is 0 Å². The average Bonchev–Trinajstić information content (AvgIpc) is 3.50. The lowest BCUT2D eigenvalue weighted by atomic mass is 10.0. The Hall–Kier alpha value is -3.01. The van der Waals surface area contributed by atoms with E-state index in [0.29, 0.717) is 31.7 Å². The third-order valence-electron chi connectivity index (χ3n) is 5.41. The predicted molar refractivity (Wildman–Crippen MR) is 113 cm³/mol. The summed E-state index contributed by atoms with van der Waals surface area (Å²) in [6.45, 7) is 7.41. The molecule has 0 N–H and O–H groups in total. The molecule has 0 atom stereocenters. The van der Waals surface area contributed by atoms with E-state index in [2.05, 4.69) is 15.2 Å². The summed E-state index contributed by atoms with van der Waals surface area (Å²) in [5.41, 5.74) is 5.15. The summed E-state index contributed by atoms with van der Waals surface area (Å²) in [5, 5.41) is 8.47. The van der Waals surface area contributed by atoms with Crippen molar-refractivity contribution in [2.45, 2.75) is 53.1 Å². The van der Waals surface area contributed by atoms with E-state index in [0.717, 1.165) is 23.4 Å². The zero-order chi connectivity index (χ0) is 22.0. The van der Waals surface area contributed by atoms with Crippen molar-refractivity contribution in [3.8, 4) is 0 Å². The van der Waals surface area contributed by atoms with Crippen LogP contribution in [-0.4, -0.2) is 49.8 Å². The number of carbonyl (C=O) groups is 2. The van der Waals surface area contributed by atoms with Gasteiger partial charge in [0.05, 0.1) is 24.4 Å². The quantitative estimate of drug-likeness (QED) is 0.517. The van der Waals surface area contributed by atoms with Crippen LogP contribution in [0, 0.1) is 6.92 Å². The van der Waals surface area contributed by atoms with Gasteiger partial charge in [0.1, 0.15) is 5.76 Å². The molecule has 0 saturated carbocycles.